The van der Waals surface area contributed by atoms with Crippen LogP contribution in [0.1, 0.15) is 5.56 Å². The van der Waals surface area contributed by atoms with Crippen LogP contribution in [0.3, 0.4) is 0 Å². The number of rotatable bonds is 4. The Bertz CT molecular complexity index is 362. The van der Waals surface area contributed by atoms with Crippen LogP contribution in [0.25, 0.3) is 0 Å². The molecule has 0 spiro atoms. The number of carbonyl (C=O) groups is 2. The van der Waals surface area contributed by atoms with Gasteiger partial charge in [-0.05, 0) is 47.3 Å². The summed E-state index contributed by atoms with van der Waals surface area (Å²) in [7, 11) is 0. The zero-order valence-corrected chi connectivity index (χ0v) is 10.6. The highest BCUT2D eigenvalue weighted by Crippen LogP contribution is 2.17. The van der Waals surface area contributed by atoms with Gasteiger partial charge in [-0.1, -0.05) is 28.1 Å². The summed E-state index contributed by atoms with van der Waals surface area (Å²) in [4.78, 5) is 21.8. The Morgan fingerprint density at radius 2 is 1.60 bits per heavy atom. The second-order valence-electron chi connectivity index (χ2n) is 2.99. The summed E-state index contributed by atoms with van der Waals surface area (Å²) in [6.45, 7) is 0. The van der Waals surface area contributed by atoms with Crippen LogP contribution in [0, 0.1) is 5.92 Å². The molecule has 2 nitrogen and oxygen atoms in total. The number of hydrogen-bond acceptors (Lipinski definition) is 2. The van der Waals surface area contributed by atoms with Crippen molar-refractivity contribution in [3.63, 3.8) is 0 Å². The van der Waals surface area contributed by atoms with Gasteiger partial charge in [-0.2, -0.15) is 0 Å². The number of hydrogen-bond donors (Lipinski definition) is 0. The molecular weight excluding hydrogens is 303 g/mol. The number of halogens is 3. The smallest absolute Gasteiger partial charge is 0.233 e. The molecule has 0 atom stereocenters. The number of benzene rings is 1. The first kappa shape index (κ1) is 12.7. The van der Waals surface area contributed by atoms with E-state index in [-0.39, 0.29) is 6.42 Å². The molecule has 0 unspecified atom stereocenters. The topological polar surface area (TPSA) is 34.1 Å². The van der Waals surface area contributed by atoms with E-state index < -0.39 is 16.4 Å². The van der Waals surface area contributed by atoms with Gasteiger partial charge < -0.3 is 0 Å². The Labute approximate surface area is 106 Å². The van der Waals surface area contributed by atoms with Crippen LogP contribution in [0.4, 0.5) is 0 Å². The highest BCUT2D eigenvalue weighted by Gasteiger charge is 2.23. The molecule has 0 heterocycles. The molecule has 0 bridgehead atoms. The molecule has 0 saturated heterocycles. The fraction of sp³-hybridized carbons (Fsp3) is 0.200. The third-order valence-corrected chi connectivity index (χ3v) is 2.96. The van der Waals surface area contributed by atoms with E-state index in [1.807, 2.05) is 12.1 Å². The molecule has 0 radical (unpaired) electrons. The normalized spacial score (nSPS) is 10.4. The van der Waals surface area contributed by atoms with Crippen LogP contribution in [0.5, 0.6) is 0 Å². The molecule has 0 aliphatic carbocycles. The maximum absolute atomic E-state index is 10.9. The van der Waals surface area contributed by atoms with Crippen molar-refractivity contribution >= 4 is 49.6 Å². The zero-order valence-electron chi connectivity index (χ0n) is 7.54. The fourth-order valence-corrected chi connectivity index (χ4v) is 1.78. The van der Waals surface area contributed by atoms with E-state index in [0.717, 1.165) is 10.0 Å². The molecule has 0 N–H and O–H groups in total. The molecule has 1 aromatic carbocycles. The summed E-state index contributed by atoms with van der Waals surface area (Å²) in [6.07, 6.45) is 0.234. The van der Waals surface area contributed by atoms with E-state index in [0.29, 0.717) is 0 Å². The van der Waals surface area contributed by atoms with Crippen molar-refractivity contribution in [3.05, 3.63) is 34.3 Å². The second kappa shape index (κ2) is 5.64. The molecular formula is C10H7BrCl2O2. The zero-order chi connectivity index (χ0) is 11.4. The van der Waals surface area contributed by atoms with E-state index >= 15 is 0 Å². The predicted molar refractivity (Wildman–Crippen MR) is 63.1 cm³/mol. The largest absolute Gasteiger partial charge is 0.280 e. The quantitative estimate of drug-likeness (QED) is 0.632. The monoisotopic (exact) mass is 308 g/mol. The van der Waals surface area contributed by atoms with Gasteiger partial charge in [0.15, 0.2) is 0 Å². The molecule has 1 aromatic rings. The first-order valence-corrected chi connectivity index (χ1v) is 5.68. The summed E-state index contributed by atoms with van der Waals surface area (Å²) in [5.74, 6) is -0.963. The van der Waals surface area contributed by atoms with Crippen LogP contribution < -0.4 is 0 Å². The van der Waals surface area contributed by atoms with Crippen LogP contribution in [0.2, 0.25) is 0 Å². The average molecular weight is 310 g/mol. The summed E-state index contributed by atoms with van der Waals surface area (Å²) in [5.41, 5.74) is 0.839. The molecule has 0 amide bonds. The lowest BCUT2D eigenvalue weighted by Crippen LogP contribution is -2.18. The van der Waals surface area contributed by atoms with E-state index in [1.165, 1.54) is 0 Å². The molecule has 0 saturated carbocycles. The molecule has 5 heteroatoms. The Balaban J connectivity index is 2.79. The van der Waals surface area contributed by atoms with Gasteiger partial charge in [-0.3, -0.25) is 9.59 Å². The van der Waals surface area contributed by atoms with Crippen molar-refractivity contribution in [2.45, 2.75) is 6.42 Å². The molecule has 1 rings (SSSR count). The Hall–Kier alpha value is -0.380. The molecule has 80 valence electrons. The summed E-state index contributed by atoms with van der Waals surface area (Å²) in [6, 6.07) is 7.25. The molecule has 0 aromatic heterocycles. The van der Waals surface area contributed by atoms with Gasteiger partial charge in [0.1, 0.15) is 5.92 Å². The van der Waals surface area contributed by atoms with Gasteiger partial charge in [0.25, 0.3) is 0 Å². The summed E-state index contributed by atoms with van der Waals surface area (Å²) >= 11 is 13.8. The molecule has 0 fully saturated rings. The van der Waals surface area contributed by atoms with Crippen molar-refractivity contribution < 1.29 is 9.59 Å². The van der Waals surface area contributed by atoms with Gasteiger partial charge in [0.2, 0.25) is 10.5 Å². The lowest BCUT2D eigenvalue weighted by atomic mass is 10.0. The Morgan fingerprint density at radius 3 is 2.00 bits per heavy atom. The molecule has 0 aliphatic heterocycles. The van der Waals surface area contributed by atoms with Crippen LogP contribution in [0.15, 0.2) is 28.7 Å². The standard InChI is InChI=1S/C10H7BrCl2O2/c11-7-3-1-6(2-4-7)5-8(9(12)14)10(13)15/h1-4,8H,5H2. The van der Waals surface area contributed by atoms with Gasteiger partial charge in [0.05, 0.1) is 0 Å². The summed E-state index contributed by atoms with van der Waals surface area (Å²) in [5, 5.41) is -1.45. The Kier molecular flexibility index (Phi) is 4.77. The third-order valence-electron chi connectivity index (χ3n) is 1.90. The van der Waals surface area contributed by atoms with Gasteiger partial charge in [0, 0.05) is 4.47 Å². The van der Waals surface area contributed by atoms with Crippen LogP contribution in [-0.2, 0) is 16.0 Å². The van der Waals surface area contributed by atoms with Crippen molar-refractivity contribution in [3.8, 4) is 0 Å². The number of carbonyl (C=O) groups excluding carboxylic acids is 2. The average Bonchev–Trinajstić information content (AvgIpc) is 2.15. The Morgan fingerprint density at radius 1 is 1.13 bits per heavy atom. The van der Waals surface area contributed by atoms with Crippen molar-refractivity contribution in [1.29, 1.82) is 0 Å². The fourth-order valence-electron chi connectivity index (χ4n) is 1.11. The van der Waals surface area contributed by atoms with Crippen LogP contribution in [-0.4, -0.2) is 10.5 Å². The first-order valence-electron chi connectivity index (χ1n) is 4.14. The van der Waals surface area contributed by atoms with Gasteiger partial charge in [-0.25, -0.2) is 0 Å². The predicted octanol–water partition coefficient (Wildman–Crippen LogP) is 3.14. The highest BCUT2D eigenvalue weighted by molar-refractivity contribution is 9.10. The lowest BCUT2D eigenvalue weighted by molar-refractivity contribution is -0.123. The second-order valence-corrected chi connectivity index (χ2v) is 4.65. The molecule has 0 aliphatic rings. The van der Waals surface area contributed by atoms with Crippen LogP contribution >= 0.6 is 39.1 Å². The van der Waals surface area contributed by atoms with Gasteiger partial charge >= 0.3 is 0 Å². The lowest BCUT2D eigenvalue weighted by Gasteiger charge is -2.07. The third kappa shape index (κ3) is 3.93. The van der Waals surface area contributed by atoms with Gasteiger partial charge in [-0.15, -0.1) is 0 Å². The minimum Gasteiger partial charge on any atom is -0.280 e. The van der Waals surface area contributed by atoms with Crippen molar-refractivity contribution in [1.82, 2.24) is 0 Å². The van der Waals surface area contributed by atoms with E-state index in [2.05, 4.69) is 15.9 Å². The highest BCUT2D eigenvalue weighted by atomic mass is 79.9. The van der Waals surface area contributed by atoms with E-state index in [1.54, 1.807) is 12.1 Å². The maximum Gasteiger partial charge on any atom is 0.233 e. The minimum atomic E-state index is -0.963. The first-order chi connectivity index (χ1) is 7.00. The maximum atomic E-state index is 10.9. The minimum absolute atomic E-state index is 0.234. The SMILES string of the molecule is O=C(Cl)C(Cc1ccc(Br)cc1)C(=O)Cl. The van der Waals surface area contributed by atoms with E-state index in [9.17, 15) is 9.59 Å². The summed E-state index contributed by atoms with van der Waals surface area (Å²) < 4.78 is 0.928. The van der Waals surface area contributed by atoms with Crippen molar-refractivity contribution in [2.75, 3.05) is 0 Å². The molecule has 15 heavy (non-hydrogen) atoms. The van der Waals surface area contributed by atoms with Crippen molar-refractivity contribution in [2.24, 2.45) is 5.92 Å². The van der Waals surface area contributed by atoms with E-state index in [4.69, 9.17) is 23.2 Å².